The number of aryl methyl sites for hydroxylation is 1. The van der Waals surface area contributed by atoms with Gasteiger partial charge in [-0.2, -0.15) is 0 Å². The Labute approximate surface area is 123 Å². The molecule has 1 N–H and O–H groups in total. The zero-order valence-corrected chi connectivity index (χ0v) is 12.7. The van der Waals surface area contributed by atoms with Gasteiger partial charge in [-0.1, -0.05) is 61.7 Å². The Hall–Kier alpha value is -1.08. The molecule has 2 atom stereocenters. The summed E-state index contributed by atoms with van der Waals surface area (Å²) in [6, 6.07) is 10.5. The third-order valence-electron chi connectivity index (χ3n) is 4.43. The van der Waals surface area contributed by atoms with E-state index in [4.69, 9.17) is 0 Å². The second-order valence-electron chi connectivity index (χ2n) is 6.01. The number of benzene rings is 1. The maximum Gasteiger partial charge on any atom is 0.0608 e. The summed E-state index contributed by atoms with van der Waals surface area (Å²) in [5.41, 5.74) is 2.85. The van der Waals surface area contributed by atoms with Crippen molar-refractivity contribution in [2.75, 3.05) is 0 Å². The minimum absolute atomic E-state index is 0.175. The van der Waals surface area contributed by atoms with Crippen LogP contribution >= 0.6 is 0 Å². The minimum atomic E-state index is -0.175. The molecule has 0 heterocycles. The zero-order valence-electron chi connectivity index (χ0n) is 12.7. The van der Waals surface area contributed by atoms with Crippen LogP contribution in [0.2, 0.25) is 0 Å². The summed E-state index contributed by atoms with van der Waals surface area (Å²) in [4.78, 5) is 0. The first-order valence-electron chi connectivity index (χ1n) is 8.22. The van der Waals surface area contributed by atoms with E-state index in [9.17, 15) is 5.11 Å². The molecule has 0 aromatic heterocycles. The number of hydrogen-bond acceptors (Lipinski definition) is 1. The normalized spacial score (nSPS) is 21.1. The molecule has 0 amide bonds. The van der Waals surface area contributed by atoms with E-state index in [1.165, 1.54) is 43.2 Å². The van der Waals surface area contributed by atoms with Gasteiger partial charge in [-0.15, -0.1) is 0 Å². The van der Waals surface area contributed by atoms with Crippen molar-refractivity contribution in [2.45, 2.75) is 64.4 Å². The highest BCUT2D eigenvalue weighted by Gasteiger charge is 2.23. The summed E-state index contributed by atoms with van der Waals surface area (Å²) in [6.07, 6.45) is 11.4. The van der Waals surface area contributed by atoms with E-state index in [1.807, 2.05) is 6.07 Å². The Morgan fingerprint density at radius 1 is 1.15 bits per heavy atom. The van der Waals surface area contributed by atoms with Crippen molar-refractivity contribution in [3.63, 3.8) is 0 Å². The predicted octanol–water partition coefficient (Wildman–Crippen LogP) is 4.90. The van der Waals surface area contributed by atoms with Gasteiger partial charge in [0.05, 0.1) is 6.10 Å². The topological polar surface area (TPSA) is 20.2 Å². The van der Waals surface area contributed by atoms with Crippen LogP contribution in [-0.4, -0.2) is 11.2 Å². The molecule has 1 nitrogen and oxygen atoms in total. The maximum absolute atomic E-state index is 10.6. The first-order chi connectivity index (χ1) is 9.81. The monoisotopic (exact) mass is 272 g/mol. The fourth-order valence-corrected chi connectivity index (χ4v) is 3.31. The molecule has 0 saturated heterocycles. The van der Waals surface area contributed by atoms with Crippen molar-refractivity contribution in [3.05, 3.63) is 47.5 Å². The summed E-state index contributed by atoms with van der Waals surface area (Å²) in [5, 5.41) is 10.6. The first-order valence-corrected chi connectivity index (χ1v) is 8.22. The lowest BCUT2D eigenvalue weighted by molar-refractivity contribution is 0.109. The molecule has 0 aliphatic heterocycles. The highest BCUT2D eigenvalue weighted by molar-refractivity contribution is 5.15. The summed E-state index contributed by atoms with van der Waals surface area (Å²) < 4.78 is 0. The standard InChI is InChI=1S/C19H28O/c1-2-9-17-12-7-4-8-13-18(17)19(20)15-14-16-10-5-3-6-11-16/h3,5-6,10-12,18-20H,2,4,7-9,13-15H2,1H3/t18-,19-/m1/s1. The van der Waals surface area contributed by atoms with Crippen LogP contribution in [0.1, 0.15) is 57.4 Å². The number of aliphatic hydroxyl groups excluding tert-OH is 1. The molecule has 1 heteroatoms. The molecule has 0 saturated carbocycles. The number of aliphatic hydroxyl groups is 1. The molecule has 110 valence electrons. The van der Waals surface area contributed by atoms with Crippen LogP contribution in [0, 0.1) is 5.92 Å². The Morgan fingerprint density at radius 3 is 2.70 bits per heavy atom. The molecule has 0 radical (unpaired) electrons. The molecule has 20 heavy (non-hydrogen) atoms. The van der Waals surface area contributed by atoms with Gasteiger partial charge >= 0.3 is 0 Å². The zero-order chi connectivity index (χ0) is 14.2. The lowest BCUT2D eigenvalue weighted by atomic mass is 9.85. The Balaban J connectivity index is 1.93. The number of hydrogen-bond donors (Lipinski definition) is 1. The van der Waals surface area contributed by atoms with Gasteiger partial charge in [-0.05, 0) is 44.1 Å². The van der Waals surface area contributed by atoms with Gasteiger partial charge in [0.1, 0.15) is 0 Å². The summed E-state index contributed by atoms with van der Waals surface area (Å²) in [5.74, 6) is 0.404. The Bertz CT molecular complexity index is 407. The molecular weight excluding hydrogens is 244 g/mol. The van der Waals surface area contributed by atoms with E-state index in [0.717, 1.165) is 19.3 Å². The largest absolute Gasteiger partial charge is 0.392 e. The van der Waals surface area contributed by atoms with Gasteiger partial charge in [-0.3, -0.25) is 0 Å². The number of allylic oxidation sites excluding steroid dienone is 1. The maximum atomic E-state index is 10.6. The van der Waals surface area contributed by atoms with E-state index in [2.05, 4.69) is 37.3 Å². The lowest BCUT2D eigenvalue weighted by Crippen LogP contribution is -2.23. The smallest absolute Gasteiger partial charge is 0.0608 e. The summed E-state index contributed by atoms with van der Waals surface area (Å²) >= 11 is 0. The molecule has 1 aromatic rings. The van der Waals surface area contributed by atoms with Gasteiger partial charge in [0.15, 0.2) is 0 Å². The molecule has 0 bridgehead atoms. The highest BCUT2D eigenvalue weighted by atomic mass is 16.3. The fraction of sp³-hybridized carbons (Fsp3) is 0.579. The molecule has 0 fully saturated rings. The van der Waals surface area contributed by atoms with Crippen LogP contribution in [0.4, 0.5) is 0 Å². The summed E-state index contributed by atoms with van der Waals surface area (Å²) in [7, 11) is 0. The van der Waals surface area contributed by atoms with Crippen LogP contribution < -0.4 is 0 Å². The molecule has 0 spiro atoms. The van der Waals surface area contributed by atoms with Crippen LogP contribution in [-0.2, 0) is 6.42 Å². The quantitative estimate of drug-likeness (QED) is 0.730. The first kappa shape index (κ1) is 15.3. The Kier molecular flexibility index (Phi) is 6.32. The van der Waals surface area contributed by atoms with E-state index in [1.54, 1.807) is 0 Å². The van der Waals surface area contributed by atoms with Crippen molar-refractivity contribution in [3.8, 4) is 0 Å². The third-order valence-corrected chi connectivity index (χ3v) is 4.43. The fourth-order valence-electron chi connectivity index (χ4n) is 3.31. The van der Waals surface area contributed by atoms with Gasteiger partial charge < -0.3 is 5.11 Å². The second-order valence-corrected chi connectivity index (χ2v) is 6.01. The highest BCUT2D eigenvalue weighted by Crippen LogP contribution is 2.31. The van der Waals surface area contributed by atoms with Crippen molar-refractivity contribution < 1.29 is 5.11 Å². The average molecular weight is 272 g/mol. The Morgan fingerprint density at radius 2 is 1.95 bits per heavy atom. The van der Waals surface area contributed by atoms with Crippen LogP contribution in [0.25, 0.3) is 0 Å². The second kappa shape index (κ2) is 8.26. The van der Waals surface area contributed by atoms with Crippen molar-refractivity contribution in [1.82, 2.24) is 0 Å². The lowest BCUT2D eigenvalue weighted by Gasteiger charge is -2.25. The van der Waals surface area contributed by atoms with Gasteiger partial charge in [0.2, 0.25) is 0 Å². The van der Waals surface area contributed by atoms with Crippen molar-refractivity contribution in [1.29, 1.82) is 0 Å². The average Bonchev–Trinajstić information content (AvgIpc) is 2.72. The molecule has 1 aliphatic carbocycles. The van der Waals surface area contributed by atoms with Crippen LogP contribution in [0.15, 0.2) is 42.0 Å². The number of rotatable bonds is 6. The predicted molar refractivity (Wildman–Crippen MR) is 85.7 cm³/mol. The van der Waals surface area contributed by atoms with Crippen molar-refractivity contribution in [2.24, 2.45) is 5.92 Å². The van der Waals surface area contributed by atoms with E-state index in [-0.39, 0.29) is 6.10 Å². The molecule has 2 rings (SSSR count). The van der Waals surface area contributed by atoms with Crippen LogP contribution in [0.5, 0.6) is 0 Å². The van der Waals surface area contributed by atoms with Gasteiger partial charge in [0.25, 0.3) is 0 Å². The molecule has 1 aliphatic rings. The van der Waals surface area contributed by atoms with E-state index in [0.29, 0.717) is 5.92 Å². The van der Waals surface area contributed by atoms with Crippen LogP contribution in [0.3, 0.4) is 0 Å². The van der Waals surface area contributed by atoms with Crippen molar-refractivity contribution >= 4 is 0 Å². The molecule has 1 aromatic carbocycles. The van der Waals surface area contributed by atoms with E-state index < -0.39 is 0 Å². The third kappa shape index (κ3) is 4.49. The SMILES string of the molecule is CCCC1=CCCCC[C@H]1[C@H](O)CCc1ccccc1. The minimum Gasteiger partial charge on any atom is -0.392 e. The molecular formula is C19H28O. The summed E-state index contributed by atoms with van der Waals surface area (Å²) in [6.45, 7) is 2.24. The molecule has 0 unspecified atom stereocenters. The van der Waals surface area contributed by atoms with E-state index >= 15 is 0 Å². The van der Waals surface area contributed by atoms with Gasteiger partial charge in [0, 0.05) is 5.92 Å². The van der Waals surface area contributed by atoms with Gasteiger partial charge in [-0.25, -0.2) is 0 Å².